The molecule has 1 aliphatic carbocycles. The van der Waals surface area contributed by atoms with Crippen molar-refractivity contribution in [2.45, 2.75) is 62.6 Å². The Bertz CT molecular complexity index is 1380. The van der Waals surface area contributed by atoms with Gasteiger partial charge in [0.25, 0.3) is 10.0 Å². The van der Waals surface area contributed by atoms with Crippen molar-refractivity contribution in [3.05, 3.63) is 47.2 Å². The number of carboxylic acids is 1. The maximum atomic E-state index is 14.0. The van der Waals surface area contributed by atoms with Crippen LogP contribution in [0.15, 0.2) is 40.9 Å². The van der Waals surface area contributed by atoms with Crippen LogP contribution in [0.4, 0.5) is 18.9 Å². The average Bonchev–Trinajstić information content (AvgIpc) is 2.91. The lowest BCUT2D eigenvalue weighted by molar-refractivity contribution is -0.138. The SMILES string of the molecule is CC1CCCC/C1=C\c1ccc2c(c1)N(S(=O)(=O)c1cc(C(F)(F)F)cnc1OCCO)CC(CCC(=O)O)O2. The second kappa shape index (κ2) is 12.0. The third kappa shape index (κ3) is 6.69. The Morgan fingerprint density at radius 1 is 1.27 bits per heavy atom. The molecule has 40 heavy (non-hydrogen) atoms. The first-order valence-electron chi connectivity index (χ1n) is 13.0. The number of nitrogens with zero attached hydrogens (tertiary/aromatic N) is 2. The number of carbonyl (C=O) groups is 1. The number of sulfonamides is 1. The maximum Gasteiger partial charge on any atom is 0.417 e. The van der Waals surface area contributed by atoms with Gasteiger partial charge in [0.15, 0.2) is 4.90 Å². The molecule has 9 nitrogen and oxygen atoms in total. The number of hydrogen-bond acceptors (Lipinski definition) is 7. The molecule has 13 heteroatoms. The summed E-state index contributed by atoms with van der Waals surface area (Å²) in [5.74, 6) is -1.17. The minimum absolute atomic E-state index is 0.0289. The van der Waals surface area contributed by atoms with Gasteiger partial charge in [0.05, 0.1) is 24.4 Å². The molecule has 0 spiro atoms. The van der Waals surface area contributed by atoms with Crippen LogP contribution >= 0.6 is 0 Å². The minimum Gasteiger partial charge on any atom is -0.486 e. The number of allylic oxidation sites excluding steroid dienone is 1. The van der Waals surface area contributed by atoms with E-state index in [9.17, 15) is 26.4 Å². The van der Waals surface area contributed by atoms with Crippen molar-refractivity contribution in [2.24, 2.45) is 5.92 Å². The lowest BCUT2D eigenvalue weighted by Crippen LogP contribution is -2.44. The Morgan fingerprint density at radius 3 is 2.73 bits per heavy atom. The van der Waals surface area contributed by atoms with Crippen molar-refractivity contribution in [2.75, 3.05) is 24.1 Å². The van der Waals surface area contributed by atoms with Crippen LogP contribution in [0.1, 0.15) is 56.6 Å². The summed E-state index contributed by atoms with van der Waals surface area (Å²) in [5, 5.41) is 18.3. The number of aromatic nitrogens is 1. The Morgan fingerprint density at radius 2 is 2.05 bits per heavy atom. The molecule has 2 unspecified atom stereocenters. The van der Waals surface area contributed by atoms with E-state index >= 15 is 0 Å². The highest BCUT2D eigenvalue weighted by molar-refractivity contribution is 7.93. The summed E-state index contributed by atoms with van der Waals surface area (Å²) in [6.45, 7) is 0.883. The number of alkyl halides is 3. The maximum absolute atomic E-state index is 14.0. The Hall–Kier alpha value is -3.32. The monoisotopic (exact) mass is 584 g/mol. The highest BCUT2D eigenvalue weighted by atomic mass is 32.2. The lowest BCUT2D eigenvalue weighted by atomic mass is 9.84. The second-order valence-corrected chi connectivity index (χ2v) is 11.7. The van der Waals surface area contributed by atoms with Crippen molar-refractivity contribution in [1.82, 2.24) is 4.98 Å². The van der Waals surface area contributed by atoms with Crippen molar-refractivity contribution in [3.63, 3.8) is 0 Å². The molecule has 2 aliphatic rings. The van der Waals surface area contributed by atoms with E-state index in [2.05, 4.69) is 11.9 Å². The van der Waals surface area contributed by atoms with Crippen LogP contribution < -0.4 is 13.8 Å². The summed E-state index contributed by atoms with van der Waals surface area (Å²) < 4.78 is 80.8. The molecule has 1 aromatic heterocycles. The smallest absolute Gasteiger partial charge is 0.417 e. The average molecular weight is 585 g/mol. The number of benzene rings is 1. The van der Waals surface area contributed by atoms with Crippen LogP contribution in [0.25, 0.3) is 6.08 Å². The van der Waals surface area contributed by atoms with Gasteiger partial charge in [0, 0.05) is 12.6 Å². The molecule has 0 saturated heterocycles. The summed E-state index contributed by atoms with van der Waals surface area (Å²) in [5.41, 5.74) is 0.741. The van der Waals surface area contributed by atoms with Gasteiger partial charge in [0.2, 0.25) is 5.88 Å². The van der Waals surface area contributed by atoms with Crippen molar-refractivity contribution in [1.29, 1.82) is 0 Å². The first-order valence-corrected chi connectivity index (χ1v) is 14.4. The number of anilines is 1. The molecule has 4 rings (SSSR count). The molecule has 0 radical (unpaired) electrons. The molecule has 2 heterocycles. The molecule has 1 aromatic carbocycles. The van der Waals surface area contributed by atoms with Crippen LogP contribution in [0, 0.1) is 5.92 Å². The van der Waals surface area contributed by atoms with Crippen LogP contribution in [0.3, 0.4) is 0 Å². The van der Waals surface area contributed by atoms with E-state index in [1.807, 2.05) is 6.08 Å². The fourth-order valence-electron chi connectivity index (χ4n) is 4.86. The minimum atomic E-state index is -4.88. The molecule has 0 amide bonds. The number of aliphatic hydroxyl groups excluding tert-OH is 1. The molecule has 2 aromatic rings. The molecular weight excluding hydrogens is 553 g/mol. The number of fused-ring (bicyclic) bond motifs is 1. The largest absolute Gasteiger partial charge is 0.486 e. The number of pyridine rings is 1. The van der Waals surface area contributed by atoms with E-state index in [1.54, 1.807) is 18.2 Å². The lowest BCUT2D eigenvalue weighted by Gasteiger charge is -2.36. The summed E-state index contributed by atoms with van der Waals surface area (Å²) in [6.07, 6.45) is 0.515. The van der Waals surface area contributed by atoms with E-state index in [0.29, 0.717) is 23.7 Å². The molecule has 1 fully saturated rings. The zero-order chi connectivity index (χ0) is 29.1. The number of carboxylic acid groups (broad SMARTS) is 1. The number of rotatable bonds is 9. The van der Waals surface area contributed by atoms with E-state index < -0.39 is 57.8 Å². The van der Waals surface area contributed by atoms with Gasteiger partial charge in [-0.15, -0.1) is 0 Å². The second-order valence-electron chi connectivity index (χ2n) is 9.90. The topological polar surface area (TPSA) is 126 Å². The Kier molecular flexibility index (Phi) is 8.93. The molecule has 1 saturated carbocycles. The Labute approximate surface area is 230 Å². The zero-order valence-electron chi connectivity index (χ0n) is 21.9. The van der Waals surface area contributed by atoms with E-state index in [4.69, 9.17) is 19.7 Å². The standard InChI is InChI=1S/C27H31F3N2O7S/c1-17-4-2-3-5-19(17)12-18-6-8-23-22(13-18)32(16-21(39-23)7-9-25(34)35)40(36,37)24-14-20(27(28,29)30)15-31-26(24)38-11-10-33/h6,8,12-15,17,21,33H,2-5,7,9-11,16H2,1H3,(H,34,35)/b19-12+. The van der Waals surface area contributed by atoms with Gasteiger partial charge in [-0.05, 0) is 55.4 Å². The molecule has 218 valence electrons. The predicted octanol–water partition coefficient (Wildman–Crippen LogP) is 4.89. The summed E-state index contributed by atoms with van der Waals surface area (Å²) in [4.78, 5) is 14.0. The van der Waals surface area contributed by atoms with Gasteiger partial charge >= 0.3 is 12.1 Å². The fourth-order valence-corrected chi connectivity index (χ4v) is 6.47. The first kappa shape index (κ1) is 29.7. The Balaban J connectivity index is 1.82. The van der Waals surface area contributed by atoms with E-state index in [0.717, 1.165) is 30.0 Å². The van der Waals surface area contributed by atoms with Crippen LogP contribution in [0.2, 0.25) is 0 Å². The first-order chi connectivity index (χ1) is 18.9. The summed E-state index contributed by atoms with van der Waals surface area (Å²) in [6, 6.07) is 5.40. The van der Waals surface area contributed by atoms with Gasteiger partial charge in [0.1, 0.15) is 18.5 Å². The highest BCUT2D eigenvalue weighted by Crippen LogP contribution is 2.42. The third-order valence-corrected chi connectivity index (χ3v) is 8.75. The highest BCUT2D eigenvalue weighted by Gasteiger charge is 2.39. The summed E-state index contributed by atoms with van der Waals surface area (Å²) >= 11 is 0. The van der Waals surface area contributed by atoms with Crippen LogP contribution in [-0.2, 0) is 21.0 Å². The van der Waals surface area contributed by atoms with Gasteiger partial charge < -0.3 is 19.7 Å². The van der Waals surface area contributed by atoms with Crippen molar-refractivity contribution in [3.8, 4) is 11.6 Å². The van der Waals surface area contributed by atoms with Crippen LogP contribution in [0.5, 0.6) is 11.6 Å². The molecule has 0 bridgehead atoms. The third-order valence-electron chi connectivity index (χ3n) is 6.98. The van der Waals surface area contributed by atoms with E-state index in [1.165, 1.54) is 5.57 Å². The molecule has 2 atom stereocenters. The van der Waals surface area contributed by atoms with Gasteiger partial charge in [-0.3, -0.25) is 9.10 Å². The quantitative estimate of drug-likeness (QED) is 0.427. The van der Waals surface area contributed by atoms with Gasteiger partial charge in [-0.2, -0.15) is 13.2 Å². The molecule has 2 N–H and O–H groups in total. The van der Waals surface area contributed by atoms with Crippen molar-refractivity contribution >= 4 is 27.8 Å². The fraction of sp³-hybridized carbons (Fsp3) is 0.481. The molecule has 1 aliphatic heterocycles. The molecular formula is C27H31F3N2O7S. The number of ether oxygens (including phenoxy) is 2. The number of hydrogen-bond donors (Lipinski definition) is 2. The predicted molar refractivity (Wildman–Crippen MR) is 140 cm³/mol. The van der Waals surface area contributed by atoms with Crippen molar-refractivity contribution < 1.29 is 46.1 Å². The normalized spacial score (nSPS) is 20.6. The zero-order valence-corrected chi connectivity index (χ0v) is 22.7. The van der Waals surface area contributed by atoms with Gasteiger partial charge in [-0.25, -0.2) is 13.4 Å². The van der Waals surface area contributed by atoms with Gasteiger partial charge in [-0.1, -0.05) is 31.1 Å². The number of aliphatic hydroxyl groups is 1. The summed E-state index contributed by atoms with van der Waals surface area (Å²) in [7, 11) is -4.74. The van der Waals surface area contributed by atoms with E-state index in [-0.39, 0.29) is 30.8 Å². The number of aliphatic carboxylic acids is 1. The van der Waals surface area contributed by atoms with Crippen LogP contribution in [-0.4, -0.2) is 55.4 Å². The number of halogens is 3.